The lowest BCUT2D eigenvalue weighted by atomic mass is 10.2. The van der Waals surface area contributed by atoms with Crippen LogP contribution in [-0.4, -0.2) is 28.4 Å². The Hall–Kier alpha value is -1.62. The topological polar surface area (TPSA) is 47.1 Å². The second-order valence-electron chi connectivity index (χ2n) is 4.77. The number of nitrogens with zero attached hydrogens (tertiary/aromatic N) is 3. The van der Waals surface area contributed by atoms with Crippen molar-refractivity contribution in [2.45, 2.75) is 11.3 Å². The van der Waals surface area contributed by atoms with E-state index in [1.807, 2.05) is 37.3 Å². The van der Waals surface area contributed by atoms with Crippen LogP contribution in [0.1, 0.15) is 5.82 Å². The summed E-state index contributed by atoms with van der Waals surface area (Å²) in [6.45, 7) is 2.06. The Balaban J connectivity index is 1.76. The van der Waals surface area contributed by atoms with Gasteiger partial charge in [-0.1, -0.05) is 0 Å². The molecule has 4 nitrogen and oxygen atoms in total. The molecule has 0 unspecified atom stereocenters. The summed E-state index contributed by atoms with van der Waals surface area (Å²) in [5, 5.41) is 0. The van der Waals surface area contributed by atoms with Crippen LogP contribution in [0.5, 0.6) is 0 Å². The van der Waals surface area contributed by atoms with E-state index >= 15 is 0 Å². The maximum Gasteiger partial charge on any atom is 0.110 e. The molecule has 0 fully saturated rings. The monoisotopic (exact) mass is 274 g/mol. The Morgan fingerprint density at radius 1 is 1.42 bits per heavy atom. The summed E-state index contributed by atoms with van der Waals surface area (Å²) in [7, 11) is 2.04. The normalized spacial score (nSPS) is 14.5. The van der Waals surface area contributed by atoms with Crippen LogP contribution in [-0.2, 0) is 13.5 Å². The molecule has 0 aliphatic carbocycles. The molecule has 2 N–H and O–H groups in total. The highest BCUT2D eigenvalue weighted by molar-refractivity contribution is 7.99. The van der Waals surface area contributed by atoms with Crippen LogP contribution in [0.25, 0.3) is 0 Å². The summed E-state index contributed by atoms with van der Waals surface area (Å²) in [4.78, 5) is 8.13. The summed E-state index contributed by atoms with van der Waals surface area (Å²) in [6, 6.07) is 6.19. The summed E-state index contributed by atoms with van der Waals surface area (Å²) in [6.07, 6.45) is 4.81. The molecule has 0 atom stereocenters. The van der Waals surface area contributed by atoms with E-state index in [9.17, 15) is 0 Å². The quantitative estimate of drug-likeness (QED) is 0.871. The first-order valence-electron chi connectivity index (χ1n) is 6.47. The highest BCUT2D eigenvalue weighted by Gasteiger charge is 2.17. The zero-order chi connectivity index (χ0) is 13.2. The summed E-state index contributed by atoms with van der Waals surface area (Å²) < 4.78 is 2.08. The number of nitrogens with two attached hydrogens (primary N) is 1. The predicted molar refractivity (Wildman–Crippen MR) is 80.7 cm³/mol. The lowest BCUT2D eigenvalue weighted by Gasteiger charge is -2.31. The molecule has 1 aromatic carbocycles. The Morgan fingerprint density at radius 2 is 2.32 bits per heavy atom. The van der Waals surface area contributed by atoms with E-state index in [0.29, 0.717) is 0 Å². The number of aryl methyl sites for hydroxylation is 1. The number of nitrogen functional groups attached to an aromatic ring is 1. The first-order chi connectivity index (χ1) is 9.24. The Morgan fingerprint density at radius 3 is 3.11 bits per heavy atom. The maximum atomic E-state index is 5.91. The highest BCUT2D eigenvalue weighted by Crippen LogP contribution is 2.35. The zero-order valence-electron chi connectivity index (χ0n) is 11.0. The molecule has 0 spiro atoms. The number of thioether (sulfide) groups is 1. The van der Waals surface area contributed by atoms with Gasteiger partial charge in [0.1, 0.15) is 5.82 Å². The van der Waals surface area contributed by atoms with Crippen molar-refractivity contribution in [2.75, 3.05) is 29.5 Å². The lowest BCUT2D eigenvalue weighted by molar-refractivity contribution is 0.729. The Bertz CT molecular complexity index is 579. The van der Waals surface area contributed by atoms with Gasteiger partial charge in [0.25, 0.3) is 0 Å². The van der Waals surface area contributed by atoms with Crippen molar-refractivity contribution in [3.63, 3.8) is 0 Å². The molecule has 3 rings (SSSR count). The number of fused-ring (bicyclic) bond motifs is 1. The third-order valence-corrected chi connectivity index (χ3v) is 4.51. The first kappa shape index (κ1) is 12.4. The van der Waals surface area contributed by atoms with Crippen molar-refractivity contribution in [1.82, 2.24) is 9.55 Å². The molecular formula is C14H18N4S. The van der Waals surface area contributed by atoms with Crippen LogP contribution in [0, 0.1) is 0 Å². The van der Waals surface area contributed by atoms with Crippen LogP contribution < -0.4 is 10.6 Å². The second kappa shape index (κ2) is 5.17. The SMILES string of the molecule is Cn1ccnc1CCN1CCSc2ccc(N)cc21. The average Bonchev–Trinajstić information content (AvgIpc) is 2.82. The lowest BCUT2D eigenvalue weighted by Crippen LogP contribution is -2.31. The average molecular weight is 274 g/mol. The van der Waals surface area contributed by atoms with E-state index in [-0.39, 0.29) is 0 Å². The van der Waals surface area contributed by atoms with Crippen LogP contribution in [0.3, 0.4) is 0 Å². The third kappa shape index (κ3) is 2.56. The van der Waals surface area contributed by atoms with E-state index in [1.165, 1.54) is 10.6 Å². The third-order valence-electron chi connectivity index (χ3n) is 3.47. The first-order valence-corrected chi connectivity index (χ1v) is 7.46. The Labute approximate surface area is 117 Å². The number of anilines is 2. The van der Waals surface area contributed by atoms with E-state index < -0.39 is 0 Å². The molecule has 100 valence electrons. The molecular weight excluding hydrogens is 256 g/mol. The van der Waals surface area contributed by atoms with Gasteiger partial charge >= 0.3 is 0 Å². The predicted octanol–water partition coefficient (Wildman–Crippen LogP) is 2.16. The minimum Gasteiger partial charge on any atom is -0.399 e. The molecule has 0 amide bonds. The number of hydrogen-bond donors (Lipinski definition) is 1. The minimum absolute atomic E-state index is 0.836. The fraction of sp³-hybridized carbons (Fsp3) is 0.357. The maximum absolute atomic E-state index is 5.91. The molecule has 0 saturated heterocycles. The van der Waals surface area contributed by atoms with E-state index in [2.05, 4.69) is 26.6 Å². The molecule has 2 heterocycles. The smallest absolute Gasteiger partial charge is 0.110 e. The van der Waals surface area contributed by atoms with Gasteiger partial charge in [-0.2, -0.15) is 0 Å². The molecule has 19 heavy (non-hydrogen) atoms. The van der Waals surface area contributed by atoms with Gasteiger partial charge in [-0.05, 0) is 18.2 Å². The van der Waals surface area contributed by atoms with E-state index in [4.69, 9.17) is 5.73 Å². The second-order valence-corrected chi connectivity index (χ2v) is 5.90. The molecule has 5 heteroatoms. The molecule has 1 aromatic heterocycles. The molecule has 0 radical (unpaired) electrons. The van der Waals surface area contributed by atoms with E-state index in [1.54, 1.807) is 0 Å². The fourth-order valence-electron chi connectivity index (χ4n) is 2.39. The number of aromatic nitrogens is 2. The molecule has 0 bridgehead atoms. The standard InChI is InChI=1S/C14H18N4S/c1-17-7-5-16-14(17)4-6-18-8-9-19-13-3-2-11(15)10-12(13)18/h2-3,5,7,10H,4,6,8-9,15H2,1H3. The van der Waals surface area contributed by atoms with Gasteiger partial charge in [-0.15, -0.1) is 11.8 Å². The fourth-order valence-corrected chi connectivity index (χ4v) is 3.43. The number of imidazole rings is 1. The van der Waals surface area contributed by atoms with Crippen LogP contribution in [0.4, 0.5) is 11.4 Å². The van der Waals surface area contributed by atoms with Crippen molar-refractivity contribution in [2.24, 2.45) is 7.05 Å². The summed E-state index contributed by atoms with van der Waals surface area (Å²) >= 11 is 1.91. The van der Waals surface area contributed by atoms with Crippen molar-refractivity contribution < 1.29 is 0 Å². The van der Waals surface area contributed by atoms with Gasteiger partial charge in [0.05, 0.1) is 5.69 Å². The van der Waals surface area contributed by atoms with Gasteiger partial charge < -0.3 is 15.2 Å². The van der Waals surface area contributed by atoms with Gasteiger partial charge in [-0.25, -0.2) is 4.98 Å². The van der Waals surface area contributed by atoms with Crippen molar-refractivity contribution >= 4 is 23.1 Å². The van der Waals surface area contributed by atoms with Crippen molar-refractivity contribution in [3.8, 4) is 0 Å². The van der Waals surface area contributed by atoms with Gasteiger partial charge in [0, 0.05) is 55.3 Å². The van der Waals surface area contributed by atoms with Crippen LogP contribution >= 0.6 is 11.8 Å². The van der Waals surface area contributed by atoms with Crippen molar-refractivity contribution in [3.05, 3.63) is 36.4 Å². The van der Waals surface area contributed by atoms with Gasteiger partial charge in [0.15, 0.2) is 0 Å². The van der Waals surface area contributed by atoms with Gasteiger partial charge in [0.2, 0.25) is 0 Å². The largest absolute Gasteiger partial charge is 0.399 e. The zero-order valence-corrected chi connectivity index (χ0v) is 11.9. The summed E-state index contributed by atoms with van der Waals surface area (Å²) in [5.41, 5.74) is 8.01. The Kier molecular flexibility index (Phi) is 3.38. The summed E-state index contributed by atoms with van der Waals surface area (Å²) in [5.74, 6) is 2.26. The van der Waals surface area contributed by atoms with E-state index in [0.717, 1.165) is 36.8 Å². The molecule has 2 aromatic rings. The minimum atomic E-state index is 0.836. The highest BCUT2D eigenvalue weighted by atomic mass is 32.2. The number of hydrogen-bond acceptors (Lipinski definition) is 4. The molecule has 1 aliphatic heterocycles. The molecule has 1 aliphatic rings. The number of benzene rings is 1. The van der Waals surface area contributed by atoms with Crippen molar-refractivity contribution in [1.29, 1.82) is 0 Å². The van der Waals surface area contributed by atoms with Crippen LogP contribution in [0.2, 0.25) is 0 Å². The number of rotatable bonds is 3. The molecule has 0 saturated carbocycles. The van der Waals surface area contributed by atoms with Gasteiger partial charge in [-0.3, -0.25) is 0 Å². The van der Waals surface area contributed by atoms with Crippen LogP contribution in [0.15, 0.2) is 35.5 Å².